The molecule has 0 saturated heterocycles. The van der Waals surface area contributed by atoms with E-state index >= 15 is 0 Å². The van der Waals surface area contributed by atoms with Gasteiger partial charge in [0.2, 0.25) is 0 Å². The monoisotopic (exact) mass is 365 g/mol. The number of nitrogens with two attached hydrogens (primary N) is 1. The molecule has 122 valence electrons. The molecule has 4 heteroatoms. The fourth-order valence-corrected chi connectivity index (χ4v) is 3.07. The van der Waals surface area contributed by atoms with Crippen molar-refractivity contribution in [2.24, 2.45) is 16.6 Å². The minimum Gasteiger partial charge on any atom is -0.383 e. The van der Waals surface area contributed by atoms with Gasteiger partial charge in [-0.2, -0.15) is 0 Å². The van der Waals surface area contributed by atoms with Gasteiger partial charge in [0.15, 0.2) is 0 Å². The van der Waals surface area contributed by atoms with Crippen molar-refractivity contribution in [2.45, 2.75) is 59.4 Å². The van der Waals surface area contributed by atoms with Gasteiger partial charge in [-0.3, -0.25) is 10.4 Å². The lowest BCUT2D eigenvalue weighted by Crippen LogP contribution is -2.22. The molecule has 2 unspecified atom stereocenters. The van der Waals surface area contributed by atoms with E-state index in [0.717, 1.165) is 17.3 Å². The van der Waals surface area contributed by atoms with Crippen LogP contribution in [0.3, 0.4) is 0 Å². The van der Waals surface area contributed by atoms with Crippen LogP contribution in [0, 0.1) is 18.3 Å². The van der Waals surface area contributed by atoms with Crippen molar-refractivity contribution in [3.8, 4) is 0 Å². The van der Waals surface area contributed by atoms with Crippen LogP contribution in [0.1, 0.15) is 63.6 Å². The van der Waals surface area contributed by atoms with Gasteiger partial charge in [-0.1, -0.05) is 55.1 Å². The van der Waals surface area contributed by atoms with Crippen LogP contribution in [0.25, 0.3) is 0 Å². The molecule has 0 aliphatic heterocycles. The molecule has 3 nitrogen and oxygen atoms in total. The normalized spacial score (nSPS) is 14.7. The molecule has 2 atom stereocenters. The van der Waals surface area contributed by atoms with Gasteiger partial charge >= 0.3 is 0 Å². The van der Waals surface area contributed by atoms with Gasteiger partial charge in [0.05, 0.1) is 11.8 Å². The quantitative estimate of drug-likeness (QED) is 0.469. The molecule has 1 rings (SSSR count). The topological polar surface area (TPSA) is 62.2 Å². The van der Waals surface area contributed by atoms with Gasteiger partial charge in [0.25, 0.3) is 0 Å². The van der Waals surface area contributed by atoms with E-state index in [2.05, 4.69) is 54.9 Å². The minimum absolute atomic E-state index is 0.0583. The number of unbranched alkanes of at least 4 members (excludes halogenated alkanes) is 1. The van der Waals surface area contributed by atoms with Gasteiger partial charge in [0.1, 0.15) is 5.84 Å². The first-order chi connectivity index (χ1) is 10.4. The third kappa shape index (κ3) is 5.24. The predicted octanol–water partition coefficient (Wildman–Crippen LogP) is 5.41. The summed E-state index contributed by atoms with van der Waals surface area (Å²) < 4.78 is 1.07. The summed E-state index contributed by atoms with van der Waals surface area (Å²) >= 11 is 3.57. The smallest absolute Gasteiger partial charge is 0.136 e. The maximum atomic E-state index is 7.63. The molecule has 0 aliphatic carbocycles. The highest BCUT2D eigenvalue weighted by molar-refractivity contribution is 9.10. The zero-order valence-electron chi connectivity index (χ0n) is 14.1. The maximum Gasteiger partial charge on any atom is 0.136 e. The van der Waals surface area contributed by atoms with Gasteiger partial charge in [-0.25, -0.2) is 0 Å². The molecule has 0 radical (unpaired) electrons. The summed E-state index contributed by atoms with van der Waals surface area (Å²) in [4.78, 5) is 4.82. The molecular formula is C18H28BrN3. The summed E-state index contributed by atoms with van der Waals surface area (Å²) in [6, 6.07) is 6.41. The van der Waals surface area contributed by atoms with Crippen LogP contribution >= 0.6 is 15.9 Å². The molecule has 1 aromatic rings. The van der Waals surface area contributed by atoms with E-state index < -0.39 is 0 Å². The summed E-state index contributed by atoms with van der Waals surface area (Å²) in [5.74, 6) is 0.533. The van der Waals surface area contributed by atoms with E-state index in [1.807, 2.05) is 6.92 Å². The Kier molecular flexibility index (Phi) is 7.80. The number of rotatable bonds is 8. The standard InChI is InChI=1S/C18H28BrN3/c1-5-7-8-14(6-2)17(22-13(4)18(20)21)16-11-15(19)10-9-12(16)3/h9-11,14,17H,5-8H2,1-4H3,(H3,20,21). The highest BCUT2D eigenvalue weighted by Gasteiger charge is 2.23. The van der Waals surface area contributed by atoms with E-state index in [1.165, 1.54) is 24.0 Å². The van der Waals surface area contributed by atoms with Crippen LogP contribution in [0.4, 0.5) is 0 Å². The molecule has 1 aromatic carbocycles. The number of hydrogen-bond acceptors (Lipinski definition) is 2. The van der Waals surface area contributed by atoms with Crippen molar-refractivity contribution < 1.29 is 0 Å². The lowest BCUT2D eigenvalue weighted by molar-refractivity contribution is 0.379. The number of nitrogens with zero attached hydrogens (tertiary/aromatic N) is 1. The lowest BCUT2D eigenvalue weighted by Gasteiger charge is -2.26. The summed E-state index contributed by atoms with van der Waals surface area (Å²) in [6.07, 6.45) is 4.62. The van der Waals surface area contributed by atoms with Crippen molar-refractivity contribution in [1.82, 2.24) is 0 Å². The molecule has 22 heavy (non-hydrogen) atoms. The summed E-state index contributed by atoms with van der Waals surface area (Å²) in [5, 5.41) is 7.63. The first-order valence-corrected chi connectivity index (χ1v) is 8.84. The molecule has 0 heterocycles. The second-order valence-corrected chi connectivity index (χ2v) is 6.80. The molecule has 0 aromatic heterocycles. The molecule has 0 aliphatic rings. The van der Waals surface area contributed by atoms with Crippen LogP contribution in [-0.4, -0.2) is 11.5 Å². The van der Waals surface area contributed by atoms with Crippen LogP contribution in [-0.2, 0) is 0 Å². The maximum absolute atomic E-state index is 7.63. The van der Waals surface area contributed by atoms with Crippen molar-refractivity contribution >= 4 is 27.5 Å². The molecule has 0 spiro atoms. The minimum atomic E-state index is 0.0583. The van der Waals surface area contributed by atoms with Crippen molar-refractivity contribution in [1.29, 1.82) is 5.41 Å². The fraction of sp³-hybridized carbons (Fsp3) is 0.556. The molecule has 0 saturated carbocycles. The SMILES string of the molecule is CCCCC(CC)C(N=C(C)C(=N)N)c1cc(Br)ccc1C. The Morgan fingerprint density at radius 3 is 2.59 bits per heavy atom. The Morgan fingerprint density at radius 2 is 2.05 bits per heavy atom. The number of amidine groups is 1. The third-order valence-corrected chi connectivity index (χ3v) is 4.68. The zero-order chi connectivity index (χ0) is 16.7. The number of benzene rings is 1. The zero-order valence-corrected chi connectivity index (χ0v) is 15.7. The van der Waals surface area contributed by atoms with Gasteiger partial charge in [0, 0.05) is 4.47 Å². The average molecular weight is 366 g/mol. The average Bonchev–Trinajstić information content (AvgIpc) is 2.49. The number of hydrogen-bond donors (Lipinski definition) is 2. The van der Waals surface area contributed by atoms with Crippen LogP contribution < -0.4 is 5.73 Å². The second-order valence-electron chi connectivity index (χ2n) is 5.88. The lowest BCUT2D eigenvalue weighted by atomic mass is 9.85. The van der Waals surface area contributed by atoms with E-state index in [-0.39, 0.29) is 11.9 Å². The van der Waals surface area contributed by atoms with Crippen LogP contribution in [0.2, 0.25) is 0 Å². The number of nitrogens with one attached hydrogen (secondary N) is 1. The van der Waals surface area contributed by atoms with Crippen LogP contribution in [0.15, 0.2) is 27.7 Å². The molecule has 0 amide bonds. The van der Waals surface area contributed by atoms with Crippen molar-refractivity contribution in [3.05, 3.63) is 33.8 Å². The Morgan fingerprint density at radius 1 is 1.36 bits per heavy atom. The predicted molar refractivity (Wildman–Crippen MR) is 99.9 cm³/mol. The Labute approximate surface area is 143 Å². The van der Waals surface area contributed by atoms with E-state index in [1.54, 1.807) is 0 Å². The first-order valence-electron chi connectivity index (χ1n) is 8.05. The second kappa shape index (κ2) is 9.09. The number of aliphatic imine (C=N–C) groups is 1. The summed E-state index contributed by atoms with van der Waals surface area (Å²) in [7, 11) is 0. The molecular weight excluding hydrogens is 338 g/mol. The highest BCUT2D eigenvalue weighted by Crippen LogP contribution is 2.35. The van der Waals surface area contributed by atoms with Gasteiger partial charge in [-0.15, -0.1) is 0 Å². The fourth-order valence-electron chi connectivity index (χ4n) is 2.69. The van der Waals surface area contributed by atoms with E-state index in [4.69, 9.17) is 16.1 Å². The number of halogens is 1. The Balaban J connectivity index is 3.28. The van der Waals surface area contributed by atoms with Crippen LogP contribution in [0.5, 0.6) is 0 Å². The van der Waals surface area contributed by atoms with Gasteiger partial charge in [-0.05, 0) is 49.4 Å². The van der Waals surface area contributed by atoms with Gasteiger partial charge < -0.3 is 5.73 Å². The van der Waals surface area contributed by atoms with E-state index in [0.29, 0.717) is 11.6 Å². The largest absolute Gasteiger partial charge is 0.383 e. The molecule has 0 bridgehead atoms. The Bertz CT molecular complexity index is 537. The summed E-state index contributed by atoms with van der Waals surface area (Å²) in [6.45, 7) is 8.39. The number of aryl methyl sites for hydroxylation is 1. The first kappa shape index (κ1) is 18.9. The summed E-state index contributed by atoms with van der Waals surface area (Å²) in [5.41, 5.74) is 8.71. The Hall–Kier alpha value is -1.16. The van der Waals surface area contributed by atoms with Crippen molar-refractivity contribution in [2.75, 3.05) is 0 Å². The van der Waals surface area contributed by atoms with Crippen molar-refractivity contribution in [3.63, 3.8) is 0 Å². The highest BCUT2D eigenvalue weighted by atomic mass is 79.9. The molecule has 0 fully saturated rings. The third-order valence-electron chi connectivity index (χ3n) is 4.18. The van der Waals surface area contributed by atoms with E-state index in [9.17, 15) is 0 Å². The molecule has 3 N–H and O–H groups in total.